The zero-order chi connectivity index (χ0) is 25.3. The first kappa shape index (κ1) is 24.5. The second kappa shape index (κ2) is 11.7. The zero-order valence-electron chi connectivity index (χ0n) is 20.3. The molecule has 36 heavy (non-hydrogen) atoms. The Morgan fingerprint density at radius 1 is 0.917 bits per heavy atom. The van der Waals surface area contributed by atoms with Crippen LogP contribution in [-0.2, 0) is 16.2 Å². The van der Waals surface area contributed by atoms with Gasteiger partial charge in [-0.2, -0.15) is 0 Å². The third-order valence-corrected chi connectivity index (χ3v) is 5.22. The van der Waals surface area contributed by atoms with Gasteiger partial charge in [0.05, 0.1) is 11.3 Å². The quantitative estimate of drug-likeness (QED) is 0.164. The van der Waals surface area contributed by atoms with E-state index in [1.807, 2.05) is 78.9 Å². The molecule has 0 aliphatic carbocycles. The highest BCUT2D eigenvalue weighted by atomic mass is 16.7. The molecule has 0 saturated heterocycles. The predicted octanol–water partition coefficient (Wildman–Crippen LogP) is 5.58. The molecule has 0 N–H and O–H groups in total. The first-order chi connectivity index (χ1) is 17.5. The molecule has 0 unspecified atom stereocenters. The van der Waals surface area contributed by atoms with E-state index in [1.165, 1.54) is 14.0 Å². The van der Waals surface area contributed by atoms with Gasteiger partial charge in [-0.1, -0.05) is 64.9 Å². The number of aromatic nitrogens is 1. The molecule has 8 heteroatoms. The van der Waals surface area contributed by atoms with Gasteiger partial charge in [-0.25, -0.2) is 0 Å². The normalized spacial score (nSPS) is 11.1. The highest BCUT2D eigenvalue weighted by Crippen LogP contribution is 2.34. The predicted molar refractivity (Wildman–Crippen MR) is 134 cm³/mol. The lowest BCUT2D eigenvalue weighted by Crippen LogP contribution is -2.13. The molecule has 0 radical (unpaired) electrons. The molecule has 0 aliphatic rings. The van der Waals surface area contributed by atoms with Crippen LogP contribution in [0.3, 0.4) is 0 Å². The Kier molecular flexibility index (Phi) is 7.97. The number of carbonyl (C=O) groups excluding carboxylic acids is 1. The average molecular weight is 487 g/mol. The minimum atomic E-state index is -0.469. The molecule has 0 atom stereocenters. The van der Waals surface area contributed by atoms with E-state index in [4.69, 9.17) is 23.6 Å². The van der Waals surface area contributed by atoms with Crippen LogP contribution in [-0.4, -0.2) is 30.6 Å². The molecule has 0 amide bonds. The molecule has 0 saturated carbocycles. The minimum absolute atomic E-state index is 0.0837. The first-order valence-corrected chi connectivity index (χ1v) is 11.3. The van der Waals surface area contributed by atoms with Crippen LogP contribution in [0.2, 0.25) is 0 Å². The van der Waals surface area contributed by atoms with Gasteiger partial charge in [0.25, 0.3) is 0 Å². The monoisotopic (exact) mass is 486 g/mol. The van der Waals surface area contributed by atoms with Crippen molar-refractivity contribution in [3.63, 3.8) is 0 Å². The third-order valence-electron chi connectivity index (χ3n) is 5.22. The van der Waals surface area contributed by atoms with E-state index < -0.39 is 5.97 Å². The Bertz CT molecular complexity index is 1310. The summed E-state index contributed by atoms with van der Waals surface area (Å²) < 4.78 is 22.0. The molecule has 0 spiro atoms. The Hall–Kier alpha value is -4.59. The summed E-state index contributed by atoms with van der Waals surface area (Å²) in [5.41, 5.74) is 4.72. The number of rotatable bonds is 10. The van der Waals surface area contributed by atoms with Crippen molar-refractivity contribution in [2.24, 2.45) is 5.16 Å². The van der Waals surface area contributed by atoms with Crippen LogP contribution in [0.15, 0.2) is 88.5 Å². The van der Waals surface area contributed by atoms with Gasteiger partial charge in [0, 0.05) is 12.5 Å². The van der Waals surface area contributed by atoms with E-state index in [2.05, 4.69) is 10.3 Å². The molecule has 1 aromatic heterocycles. The number of benzene rings is 3. The number of hydrogen-bond acceptors (Lipinski definition) is 8. The summed E-state index contributed by atoms with van der Waals surface area (Å²) in [7, 11) is 1.52. The maximum atomic E-state index is 11.3. The van der Waals surface area contributed by atoms with Crippen molar-refractivity contribution in [2.45, 2.75) is 20.5 Å². The molecule has 1 heterocycles. The van der Waals surface area contributed by atoms with E-state index >= 15 is 0 Å². The van der Waals surface area contributed by atoms with E-state index in [0.29, 0.717) is 29.3 Å². The van der Waals surface area contributed by atoms with Crippen LogP contribution < -0.4 is 14.2 Å². The Morgan fingerprint density at radius 3 is 2.25 bits per heavy atom. The fourth-order valence-corrected chi connectivity index (χ4v) is 3.50. The first-order valence-electron chi connectivity index (χ1n) is 11.3. The summed E-state index contributed by atoms with van der Waals surface area (Å²) in [4.78, 5) is 16.3. The van der Waals surface area contributed by atoms with Gasteiger partial charge in [-0.3, -0.25) is 4.79 Å². The summed E-state index contributed by atoms with van der Waals surface area (Å²) in [6, 6.07) is 24.9. The summed E-state index contributed by atoms with van der Waals surface area (Å²) in [5.74, 6) is 1.03. The maximum absolute atomic E-state index is 11.3. The Morgan fingerprint density at radius 2 is 1.58 bits per heavy atom. The SMILES string of the molecule is CO/N=C(\COc1ccc(COc2ccc(-c3c(C)noc3OC(C)=O)cc2)cc1)c1ccccc1. The largest absolute Gasteiger partial charge is 0.489 e. The molecular formula is C28H26N2O6. The number of aryl methyl sites for hydroxylation is 1. The van der Waals surface area contributed by atoms with Crippen molar-refractivity contribution in [3.05, 3.63) is 95.7 Å². The molecule has 4 aromatic rings. The standard InChI is InChI=1S/C28H26N2O6/c1-19-27(28(36-29-19)35-20(2)31)23-11-15-25(16-12-23)33-17-21-9-13-24(14-10-21)34-18-26(30-32-3)22-7-5-4-6-8-22/h4-16H,17-18H2,1-3H3/b30-26+. The van der Waals surface area contributed by atoms with E-state index in [9.17, 15) is 4.79 Å². The summed E-state index contributed by atoms with van der Waals surface area (Å²) >= 11 is 0. The smallest absolute Gasteiger partial charge is 0.327 e. The van der Waals surface area contributed by atoms with E-state index in [0.717, 1.165) is 22.4 Å². The molecule has 0 aliphatic heterocycles. The number of nitrogens with zero attached hydrogens (tertiary/aromatic N) is 2. The minimum Gasteiger partial charge on any atom is -0.489 e. The number of oxime groups is 1. The van der Waals surface area contributed by atoms with Gasteiger partial charge in [0.2, 0.25) is 0 Å². The number of carbonyl (C=O) groups is 1. The summed E-state index contributed by atoms with van der Waals surface area (Å²) in [6.07, 6.45) is 0. The molecule has 4 rings (SSSR count). The summed E-state index contributed by atoms with van der Waals surface area (Å²) in [5, 5.41) is 7.97. The molecule has 3 aromatic carbocycles. The van der Waals surface area contributed by atoms with Crippen LogP contribution in [0.25, 0.3) is 11.1 Å². The van der Waals surface area contributed by atoms with Crippen LogP contribution >= 0.6 is 0 Å². The van der Waals surface area contributed by atoms with Gasteiger partial charge in [-0.15, -0.1) is 0 Å². The lowest BCUT2D eigenvalue weighted by molar-refractivity contribution is -0.133. The van der Waals surface area contributed by atoms with E-state index in [1.54, 1.807) is 6.92 Å². The van der Waals surface area contributed by atoms with Gasteiger partial charge in [0.15, 0.2) is 0 Å². The molecule has 0 fully saturated rings. The maximum Gasteiger partial charge on any atom is 0.327 e. The van der Waals surface area contributed by atoms with Crippen molar-refractivity contribution in [1.82, 2.24) is 5.16 Å². The lowest BCUT2D eigenvalue weighted by Gasteiger charge is -2.10. The van der Waals surface area contributed by atoms with Crippen LogP contribution in [0.5, 0.6) is 17.4 Å². The van der Waals surface area contributed by atoms with Crippen molar-refractivity contribution in [3.8, 4) is 28.6 Å². The molecule has 8 nitrogen and oxygen atoms in total. The fourth-order valence-electron chi connectivity index (χ4n) is 3.50. The lowest BCUT2D eigenvalue weighted by atomic mass is 10.1. The molecular weight excluding hydrogens is 460 g/mol. The van der Waals surface area contributed by atoms with Gasteiger partial charge < -0.3 is 23.6 Å². The number of esters is 1. The summed E-state index contributed by atoms with van der Waals surface area (Å²) in [6.45, 7) is 3.78. The second-order valence-electron chi connectivity index (χ2n) is 7.86. The van der Waals surface area contributed by atoms with Crippen LogP contribution in [0, 0.1) is 6.92 Å². The number of hydrogen-bond donors (Lipinski definition) is 0. The van der Waals surface area contributed by atoms with E-state index in [-0.39, 0.29) is 12.6 Å². The highest BCUT2D eigenvalue weighted by Gasteiger charge is 2.18. The van der Waals surface area contributed by atoms with Crippen molar-refractivity contribution < 1.29 is 28.4 Å². The highest BCUT2D eigenvalue weighted by molar-refractivity contribution is 6.01. The van der Waals surface area contributed by atoms with Crippen molar-refractivity contribution >= 4 is 11.7 Å². The topological polar surface area (TPSA) is 92.4 Å². The average Bonchev–Trinajstić information content (AvgIpc) is 3.25. The van der Waals surface area contributed by atoms with Crippen molar-refractivity contribution in [1.29, 1.82) is 0 Å². The Balaban J connectivity index is 1.33. The Labute approximate surface area is 209 Å². The molecule has 184 valence electrons. The van der Waals surface area contributed by atoms with Crippen LogP contribution in [0.4, 0.5) is 0 Å². The van der Waals surface area contributed by atoms with Gasteiger partial charge in [-0.05, 0) is 42.3 Å². The fraction of sp³-hybridized carbons (Fsp3) is 0.179. The number of ether oxygens (including phenoxy) is 3. The molecule has 0 bridgehead atoms. The third kappa shape index (κ3) is 6.29. The van der Waals surface area contributed by atoms with Crippen LogP contribution in [0.1, 0.15) is 23.7 Å². The zero-order valence-corrected chi connectivity index (χ0v) is 20.3. The van der Waals surface area contributed by atoms with Gasteiger partial charge >= 0.3 is 11.9 Å². The second-order valence-corrected chi connectivity index (χ2v) is 7.86. The van der Waals surface area contributed by atoms with Crippen molar-refractivity contribution in [2.75, 3.05) is 13.7 Å². The van der Waals surface area contributed by atoms with Gasteiger partial charge in [0.1, 0.15) is 37.5 Å².